The fourth-order valence-corrected chi connectivity index (χ4v) is 3.44. The number of furan rings is 1. The van der Waals surface area contributed by atoms with Crippen molar-refractivity contribution in [2.75, 3.05) is 0 Å². The van der Waals surface area contributed by atoms with Gasteiger partial charge in [0.15, 0.2) is 5.96 Å². The van der Waals surface area contributed by atoms with Crippen LogP contribution in [0.3, 0.4) is 0 Å². The highest BCUT2D eigenvalue weighted by Crippen LogP contribution is 2.25. The van der Waals surface area contributed by atoms with Crippen molar-refractivity contribution in [2.45, 2.75) is 26.1 Å². The van der Waals surface area contributed by atoms with Gasteiger partial charge in [-0.1, -0.05) is 41.4 Å². The molecular weight excluding hydrogens is 550 g/mol. The lowest BCUT2D eigenvalue weighted by Crippen LogP contribution is -2.34. The van der Waals surface area contributed by atoms with Gasteiger partial charge in [-0.25, -0.2) is 4.99 Å². The zero-order valence-electron chi connectivity index (χ0n) is 16.8. The van der Waals surface area contributed by atoms with Crippen molar-refractivity contribution in [3.63, 3.8) is 0 Å². The number of nitrogens with zero attached hydrogens (tertiary/aromatic N) is 1. The highest BCUT2D eigenvalue weighted by atomic mass is 127. The molecule has 164 valence electrons. The lowest BCUT2D eigenvalue weighted by atomic mass is 10.1. The van der Waals surface area contributed by atoms with Crippen LogP contribution in [0.4, 0.5) is 0 Å². The number of benzene rings is 2. The number of nitrogens with two attached hydrogens (primary N) is 1. The molecule has 0 saturated carbocycles. The van der Waals surface area contributed by atoms with Crippen LogP contribution in [0.15, 0.2) is 70.3 Å². The minimum atomic E-state index is -0.186. The maximum Gasteiger partial charge on any atom is 0.251 e. The fourth-order valence-electron chi connectivity index (χ4n) is 2.87. The minimum absolute atomic E-state index is 0. The number of guanidine groups is 1. The van der Waals surface area contributed by atoms with E-state index in [1.165, 1.54) is 0 Å². The number of amides is 1. The smallest absolute Gasteiger partial charge is 0.251 e. The largest absolute Gasteiger partial charge is 0.467 e. The van der Waals surface area contributed by atoms with Gasteiger partial charge < -0.3 is 20.8 Å². The maximum atomic E-state index is 12.3. The summed E-state index contributed by atoms with van der Waals surface area (Å²) in [6, 6.07) is 16.0. The molecule has 31 heavy (non-hydrogen) atoms. The van der Waals surface area contributed by atoms with Crippen LogP contribution in [0, 0.1) is 0 Å². The molecule has 1 aromatic heterocycles. The fraction of sp³-hybridized carbons (Fsp3) is 0.182. The third-order valence-electron chi connectivity index (χ3n) is 4.42. The molecule has 2 aromatic carbocycles. The molecule has 0 spiro atoms. The summed E-state index contributed by atoms with van der Waals surface area (Å²) in [5.41, 5.74) is 8.30. The summed E-state index contributed by atoms with van der Waals surface area (Å²) in [6.45, 7) is 2.59. The summed E-state index contributed by atoms with van der Waals surface area (Å²) in [5, 5.41) is 7.06. The standard InChI is InChI=1S/C22H22Cl2N4O2.HI/c1-14(19-8-7-17(23)11-20(19)24)28-22(25)27-12-15-4-2-5-16(10-15)21(29)26-13-18-6-3-9-30-18;/h2-11,14H,12-13H2,1H3,(H,26,29)(H3,25,27,28);1H. The first-order chi connectivity index (χ1) is 14.4. The van der Waals surface area contributed by atoms with E-state index in [4.69, 9.17) is 33.4 Å². The Kier molecular flexibility index (Phi) is 9.67. The van der Waals surface area contributed by atoms with Crippen molar-refractivity contribution < 1.29 is 9.21 Å². The van der Waals surface area contributed by atoms with Crippen LogP contribution >= 0.6 is 47.2 Å². The Morgan fingerprint density at radius 2 is 1.97 bits per heavy atom. The Labute approximate surface area is 208 Å². The molecule has 4 N–H and O–H groups in total. The van der Waals surface area contributed by atoms with E-state index in [2.05, 4.69) is 15.6 Å². The number of halogens is 3. The number of carbonyl (C=O) groups is 1. The van der Waals surface area contributed by atoms with E-state index in [1.807, 2.05) is 25.1 Å². The second-order valence-electron chi connectivity index (χ2n) is 6.70. The van der Waals surface area contributed by atoms with Crippen LogP contribution < -0.4 is 16.4 Å². The van der Waals surface area contributed by atoms with Crippen LogP contribution in [-0.2, 0) is 13.1 Å². The number of hydrogen-bond donors (Lipinski definition) is 3. The van der Waals surface area contributed by atoms with E-state index in [1.54, 1.807) is 42.7 Å². The molecule has 1 heterocycles. The van der Waals surface area contributed by atoms with Crippen molar-refractivity contribution in [1.82, 2.24) is 10.6 Å². The molecule has 3 rings (SSSR count). The number of hydrogen-bond acceptors (Lipinski definition) is 3. The predicted molar refractivity (Wildman–Crippen MR) is 135 cm³/mol. The van der Waals surface area contributed by atoms with E-state index in [9.17, 15) is 4.79 Å². The first-order valence-electron chi connectivity index (χ1n) is 9.33. The number of carbonyl (C=O) groups excluding carboxylic acids is 1. The lowest BCUT2D eigenvalue weighted by Gasteiger charge is -2.16. The average molecular weight is 573 g/mol. The Hall–Kier alpha value is -2.23. The molecule has 3 aromatic rings. The summed E-state index contributed by atoms with van der Waals surface area (Å²) >= 11 is 12.2. The molecule has 0 aliphatic carbocycles. The highest BCUT2D eigenvalue weighted by molar-refractivity contribution is 14.0. The second kappa shape index (κ2) is 12.0. The third kappa shape index (κ3) is 7.45. The molecule has 0 fully saturated rings. The Morgan fingerprint density at radius 1 is 1.16 bits per heavy atom. The first-order valence-corrected chi connectivity index (χ1v) is 10.1. The van der Waals surface area contributed by atoms with Gasteiger partial charge in [-0.15, -0.1) is 24.0 Å². The van der Waals surface area contributed by atoms with Crippen molar-refractivity contribution in [3.8, 4) is 0 Å². The van der Waals surface area contributed by atoms with E-state index >= 15 is 0 Å². The van der Waals surface area contributed by atoms with Crippen molar-refractivity contribution >= 4 is 59.0 Å². The molecule has 0 bridgehead atoms. The van der Waals surface area contributed by atoms with Gasteiger partial charge in [-0.2, -0.15) is 0 Å². The summed E-state index contributed by atoms with van der Waals surface area (Å²) in [4.78, 5) is 16.7. The second-order valence-corrected chi connectivity index (χ2v) is 7.54. The van der Waals surface area contributed by atoms with Gasteiger partial charge in [0.2, 0.25) is 0 Å². The lowest BCUT2D eigenvalue weighted by molar-refractivity contribution is 0.0948. The Morgan fingerprint density at radius 3 is 2.68 bits per heavy atom. The quantitative estimate of drug-likeness (QED) is 0.203. The summed E-state index contributed by atoms with van der Waals surface area (Å²) in [6.07, 6.45) is 1.57. The van der Waals surface area contributed by atoms with Crippen LogP contribution in [-0.4, -0.2) is 11.9 Å². The van der Waals surface area contributed by atoms with Gasteiger partial charge in [0.05, 0.1) is 25.4 Å². The van der Waals surface area contributed by atoms with Gasteiger partial charge in [0, 0.05) is 15.6 Å². The molecule has 0 saturated heterocycles. The Balaban J connectivity index is 0.00000341. The summed E-state index contributed by atoms with van der Waals surface area (Å²) in [5.74, 6) is 0.786. The van der Waals surface area contributed by atoms with Gasteiger partial charge in [0.1, 0.15) is 5.76 Å². The number of aliphatic imine (C=N–C) groups is 1. The monoisotopic (exact) mass is 572 g/mol. The van der Waals surface area contributed by atoms with E-state index in [0.717, 1.165) is 11.1 Å². The van der Waals surface area contributed by atoms with E-state index in [-0.39, 0.29) is 41.9 Å². The molecule has 6 nitrogen and oxygen atoms in total. The zero-order valence-corrected chi connectivity index (χ0v) is 20.6. The van der Waals surface area contributed by atoms with Crippen molar-refractivity contribution in [1.29, 1.82) is 0 Å². The highest BCUT2D eigenvalue weighted by Gasteiger charge is 2.11. The molecule has 0 radical (unpaired) electrons. The molecule has 9 heteroatoms. The molecule has 1 unspecified atom stereocenters. The van der Waals surface area contributed by atoms with Crippen LogP contribution in [0.25, 0.3) is 0 Å². The van der Waals surface area contributed by atoms with Crippen LogP contribution in [0.5, 0.6) is 0 Å². The molecule has 0 aliphatic rings. The summed E-state index contributed by atoms with van der Waals surface area (Å²) < 4.78 is 5.22. The van der Waals surface area contributed by atoms with Gasteiger partial charge in [-0.05, 0) is 54.4 Å². The molecular formula is C22H23Cl2IN4O2. The molecule has 1 atom stereocenters. The number of rotatable bonds is 7. The summed E-state index contributed by atoms with van der Waals surface area (Å²) in [7, 11) is 0. The van der Waals surface area contributed by atoms with Crippen molar-refractivity contribution in [2.24, 2.45) is 10.7 Å². The molecule has 1 amide bonds. The number of nitrogens with one attached hydrogen (secondary N) is 2. The molecule has 0 aliphatic heterocycles. The Bertz CT molecular complexity index is 1040. The zero-order chi connectivity index (χ0) is 21.5. The van der Waals surface area contributed by atoms with E-state index < -0.39 is 0 Å². The topological polar surface area (TPSA) is 92.6 Å². The van der Waals surface area contributed by atoms with E-state index in [0.29, 0.717) is 34.5 Å². The SMILES string of the molecule is CC(NC(N)=NCc1cccc(C(=O)NCc2ccco2)c1)c1ccc(Cl)cc1Cl.I. The van der Waals surface area contributed by atoms with Crippen LogP contribution in [0.2, 0.25) is 10.0 Å². The van der Waals surface area contributed by atoms with Gasteiger partial charge in [-0.3, -0.25) is 4.79 Å². The average Bonchev–Trinajstić information content (AvgIpc) is 3.24. The first kappa shape index (κ1) is 25.0. The van der Waals surface area contributed by atoms with Crippen LogP contribution in [0.1, 0.15) is 40.2 Å². The minimum Gasteiger partial charge on any atom is -0.467 e. The predicted octanol–water partition coefficient (Wildman–Crippen LogP) is 5.30. The third-order valence-corrected chi connectivity index (χ3v) is 4.98. The van der Waals surface area contributed by atoms with Gasteiger partial charge >= 0.3 is 0 Å². The normalized spacial score (nSPS) is 12.0. The van der Waals surface area contributed by atoms with Gasteiger partial charge in [0.25, 0.3) is 5.91 Å². The van der Waals surface area contributed by atoms with Crippen molar-refractivity contribution in [3.05, 3.63) is 93.4 Å². The maximum absolute atomic E-state index is 12.3.